The molecule has 2 amide bonds. The van der Waals surface area contributed by atoms with E-state index in [9.17, 15) is 14.7 Å². The summed E-state index contributed by atoms with van der Waals surface area (Å²) in [6, 6.07) is 5.44. The lowest BCUT2D eigenvalue weighted by Gasteiger charge is -2.37. The summed E-state index contributed by atoms with van der Waals surface area (Å²) in [5.74, 6) is 0.305. The van der Waals surface area contributed by atoms with Crippen LogP contribution in [0.25, 0.3) is 0 Å². The van der Waals surface area contributed by atoms with Crippen molar-refractivity contribution in [3.05, 3.63) is 23.8 Å². The standard InChI is InChI=1S/C20H28N2O7/c1-26-6-5-21-18(24)9-13-8-15-14-7-12(22-19(25)11-27-2)3-4-16(14)29-20(15)17(10-23)28-13/h3-4,7,13,15,17,20,23H,5-6,8-11H2,1-2H3,(H,21,24)(H,22,25)/t13-,15+,17-,20-/m1/s1. The molecule has 4 atom stereocenters. The van der Waals surface area contributed by atoms with Gasteiger partial charge in [0, 0.05) is 37.9 Å². The van der Waals surface area contributed by atoms with Gasteiger partial charge in [-0.05, 0) is 24.6 Å². The van der Waals surface area contributed by atoms with Crippen LogP contribution in [0.15, 0.2) is 18.2 Å². The number of carbonyl (C=O) groups is 2. The van der Waals surface area contributed by atoms with Crippen LogP contribution in [-0.2, 0) is 23.8 Å². The molecule has 9 nitrogen and oxygen atoms in total. The molecule has 0 aromatic heterocycles. The summed E-state index contributed by atoms with van der Waals surface area (Å²) in [5.41, 5.74) is 1.59. The number of aliphatic hydroxyl groups is 1. The molecule has 2 aliphatic heterocycles. The number of anilines is 1. The molecule has 0 bridgehead atoms. The molecule has 1 fully saturated rings. The van der Waals surface area contributed by atoms with Crippen molar-refractivity contribution in [1.82, 2.24) is 5.32 Å². The third-order valence-corrected chi connectivity index (χ3v) is 5.10. The van der Waals surface area contributed by atoms with Crippen molar-refractivity contribution < 1.29 is 33.6 Å². The fourth-order valence-corrected chi connectivity index (χ4v) is 3.87. The van der Waals surface area contributed by atoms with Crippen LogP contribution in [0.2, 0.25) is 0 Å². The minimum Gasteiger partial charge on any atom is -0.487 e. The van der Waals surface area contributed by atoms with Crippen LogP contribution in [0.4, 0.5) is 5.69 Å². The Morgan fingerprint density at radius 2 is 2.07 bits per heavy atom. The Bertz CT molecular complexity index is 727. The number of fused-ring (bicyclic) bond motifs is 3. The lowest BCUT2D eigenvalue weighted by Crippen LogP contribution is -2.47. The minimum atomic E-state index is -0.524. The van der Waals surface area contributed by atoms with Gasteiger partial charge in [0.25, 0.3) is 0 Å². The zero-order valence-corrected chi connectivity index (χ0v) is 16.7. The maximum Gasteiger partial charge on any atom is 0.250 e. The highest BCUT2D eigenvalue weighted by atomic mass is 16.6. The molecular formula is C20H28N2O7. The number of benzene rings is 1. The molecule has 3 N–H and O–H groups in total. The zero-order valence-electron chi connectivity index (χ0n) is 16.7. The second-order valence-electron chi connectivity index (χ2n) is 7.18. The van der Waals surface area contributed by atoms with E-state index < -0.39 is 6.10 Å². The van der Waals surface area contributed by atoms with Crippen LogP contribution >= 0.6 is 0 Å². The van der Waals surface area contributed by atoms with E-state index in [-0.39, 0.29) is 49.6 Å². The van der Waals surface area contributed by atoms with Crippen LogP contribution in [0.3, 0.4) is 0 Å². The average Bonchev–Trinajstić information content (AvgIpc) is 3.06. The van der Waals surface area contributed by atoms with E-state index >= 15 is 0 Å². The van der Waals surface area contributed by atoms with Crippen molar-refractivity contribution in [3.8, 4) is 5.75 Å². The van der Waals surface area contributed by atoms with Crippen LogP contribution in [0.5, 0.6) is 5.75 Å². The van der Waals surface area contributed by atoms with Gasteiger partial charge in [-0.25, -0.2) is 0 Å². The second-order valence-corrected chi connectivity index (χ2v) is 7.18. The molecule has 0 spiro atoms. The second kappa shape index (κ2) is 10.0. The van der Waals surface area contributed by atoms with Gasteiger partial charge in [-0.1, -0.05) is 0 Å². The van der Waals surface area contributed by atoms with Gasteiger partial charge >= 0.3 is 0 Å². The number of methoxy groups -OCH3 is 2. The fourth-order valence-electron chi connectivity index (χ4n) is 3.87. The summed E-state index contributed by atoms with van der Waals surface area (Å²) in [6.07, 6.45) is -0.404. The van der Waals surface area contributed by atoms with Crippen molar-refractivity contribution >= 4 is 17.5 Å². The predicted molar refractivity (Wildman–Crippen MR) is 104 cm³/mol. The third-order valence-electron chi connectivity index (χ3n) is 5.10. The first kappa shape index (κ1) is 21.5. The van der Waals surface area contributed by atoms with Crippen LogP contribution in [-0.4, -0.2) is 75.8 Å². The topological polar surface area (TPSA) is 115 Å². The van der Waals surface area contributed by atoms with Crippen molar-refractivity contribution in [2.75, 3.05) is 45.9 Å². The number of hydrogen-bond donors (Lipinski definition) is 3. The first-order valence-electron chi connectivity index (χ1n) is 9.67. The Kier molecular flexibility index (Phi) is 7.43. The van der Waals surface area contributed by atoms with Crippen molar-refractivity contribution in [3.63, 3.8) is 0 Å². The van der Waals surface area contributed by atoms with Gasteiger partial charge in [-0.3, -0.25) is 9.59 Å². The highest BCUT2D eigenvalue weighted by molar-refractivity contribution is 5.91. The number of ether oxygens (including phenoxy) is 4. The smallest absolute Gasteiger partial charge is 0.250 e. The summed E-state index contributed by atoms with van der Waals surface area (Å²) in [4.78, 5) is 24.0. The zero-order chi connectivity index (χ0) is 20.8. The SMILES string of the molecule is COCCNC(=O)C[C@H]1C[C@H]2c3cc(NC(=O)COC)ccc3O[C@H]2[C@@H](CO)O1. The van der Waals surface area contributed by atoms with E-state index in [1.54, 1.807) is 19.2 Å². The van der Waals surface area contributed by atoms with Crippen LogP contribution in [0, 0.1) is 0 Å². The summed E-state index contributed by atoms with van der Waals surface area (Å²) >= 11 is 0. The van der Waals surface area contributed by atoms with E-state index in [2.05, 4.69) is 10.6 Å². The number of rotatable bonds is 9. The van der Waals surface area contributed by atoms with Gasteiger partial charge in [0.2, 0.25) is 11.8 Å². The highest BCUT2D eigenvalue weighted by Crippen LogP contribution is 2.47. The van der Waals surface area contributed by atoms with Crippen molar-refractivity contribution in [2.24, 2.45) is 0 Å². The van der Waals surface area contributed by atoms with Crippen molar-refractivity contribution in [2.45, 2.75) is 37.1 Å². The lowest BCUT2D eigenvalue weighted by atomic mass is 9.84. The Labute approximate surface area is 169 Å². The van der Waals surface area contributed by atoms with Crippen molar-refractivity contribution in [1.29, 1.82) is 0 Å². The Hall–Kier alpha value is -2.20. The molecule has 2 aliphatic rings. The molecule has 0 aliphatic carbocycles. The highest BCUT2D eigenvalue weighted by Gasteiger charge is 2.46. The average molecular weight is 408 g/mol. The number of hydrogen-bond acceptors (Lipinski definition) is 7. The molecule has 1 saturated heterocycles. The molecule has 160 valence electrons. The van der Waals surface area contributed by atoms with Gasteiger partial charge in [0.15, 0.2) is 0 Å². The van der Waals surface area contributed by atoms with Gasteiger partial charge in [0.1, 0.15) is 24.6 Å². The molecule has 1 aromatic rings. The minimum absolute atomic E-state index is 0.0275. The fraction of sp³-hybridized carbons (Fsp3) is 0.600. The largest absolute Gasteiger partial charge is 0.487 e. The summed E-state index contributed by atoms with van der Waals surface area (Å²) in [6.45, 7) is 0.655. The summed E-state index contributed by atoms with van der Waals surface area (Å²) in [5, 5.41) is 15.4. The molecule has 3 rings (SSSR count). The third kappa shape index (κ3) is 5.24. The molecule has 9 heteroatoms. The molecule has 0 saturated carbocycles. The Morgan fingerprint density at radius 1 is 1.24 bits per heavy atom. The normalized spacial score (nSPS) is 24.9. The number of amides is 2. The Morgan fingerprint density at radius 3 is 2.79 bits per heavy atom. The molecule has 0 unspecified atom stereocenters. The molecule has 29 heavy (non-hydrogen) atoms. The first-order valence-corrected chi connectivity index (χ1v) is 9.67. The number of carbonyl (C=O) groups excluding carboxylic acids is 2. The predicted octanol–water partition coefficient (Wildman–Crippen LogP) is 0.419. The number of aliphatic hydroxyl groups excluding tert-OH is 1. The molecular weight excluding hydrogens is 380 g/mol. The van der Waals surface area contributed by atoms with E-state index in [4.69, 9.17) is 18.9 Å². The van der Waals surface area contributed by atoms with Crippen LogP contribution in [0.1, 0.15) is 24.3 Å². The molecule has 0 radical (unpaired) electrons. The van der Waals surface area contributed by atoms with E-state index in [1.807, 2.05) is 6.07 Å². The Balaban J connectivity index is 1.70. The maximum atomic E-state index is 12.2. The van der Waals surface area contributed by atoms with Gasteiger partial charge in [-0.2, -0.15) is 0 Å². The van der Waals surface area contributed by atoms with E-state index in [0.717, 1.165) is 5.56 Å². The van der Waals surface area contributed by atoms with Gasteiger partial charge in [0.05, 0.1) is 25.7 Å². The maximum absolute atomic E-state index is 12.2. The van der Waals surface area contributed by atoms with Crippen LogP contribution < -0.4 is 15.4 Å². The van der Waals surface area contributed by atoms with E-state index in [0.29, 0.717) is 31.0 Å². The molecule has 1 aromatic carbocycles. The first-order chi connectivity index (χ1) is 14.0. The summed E-state index contributed by atoms with van der Waals surface area (Å²) in [7, 11) is 3.04. The quantitative estimate of drug-likeness (QED) is 0.507. The number of nitrogens with one attached hydrogen (secondary N) is 2. The monoisotopic (exact) mass is 408 g/mol. The van der Waals surface area contributed by atoms with Gasteiger partial charge < -0.3 is 34.7 Å². The molecule has 2 heterocycles. The van der Waals surface area contributed by atoms with Gasteiger partial charge in [-0.15, -0.1) is 0 Å². The van der Waals surface area contributed by atoms with E-state index in [1.165, 1.54) is 7.11 Å². The lowest BCUT2D eigenvalue weighted by molar-refractivity contribution is -0.142. The summed E-state index contributed by atoms with van der Waals surface area (Å²) < 4.78 is 21.7.